The molecule has 1 atom stereocenters. The topological polar surface area (TPSA) is 35.5 Å². The van der Waals surface area contributed by atoms with Gasteiger partial charge < -0.3 is 9.47 Å². The van der Waals surface area contributed by atoms with E-state index in [1.54, 1.807) is 0 Å². The predicted molar refractivity (Wildman–Crippen MR) is 66.3 cm³/mol. The van der Waals surface area contributed by atoms with E-state index in [-0.39, 0.29) is 0 Å². The van der Waals surface area contributed by atoms with Crippen LogP contribution in [0.1, 0.15) is 26.7 Å². The first kappa shape index (κ1) is 21.7. The molecule has 0 aliphatic rings. The molecule has 136 valence electrons. The second-order valence-electron chi connectivity index (χ2n) is 5.08. The van der Waals surface area contributed by atoms with E-state index in [1.165, 1.54) is 13.8 Å². The van der Waals surface area contributed by atoms with Crippen LogP contribution in [-0.4, -0.2) is 42.8 Å². The maximum absolute atomic E-state index is 13.5. The summed E-state index contributed by atoms with van der Waals surface area (Å²) in [4.78, 5) is 10.9. The minimum Gasteiger partial charge on any atom is -0.460 e. The van der Waals surface area contributed by atoms with E-state index in [1.807, 2.05) is 0 Å². The van der Waals surface area contributed by atoms with Crippen LogP contribution in [0.5, 0.6) is 0 Å². The SMILES string of the molecule is C=CC(=O)OCC(CC(F)(F)CC(F)(F)C(F)(F)F)OC(C)C. The molecule has 1 unspecified atom stereocenters. The molecule has 0 aromatic carbocycles. The van der Waals surface area contributed by atoms with E-state index in [0.717, 1.165) is 6.08 Å². The maximum Gasteiger partial charge on any atom is 0.453 e. The standard InChI is InChI=1S/C13H17F7O3/c1-4-10(21)22-6-9(23-8(2)3)5-11(14,15)7-12(16,17)13(18,19)20/h4,8-9H,1,5-7H2,2-3H3. The predicted octanol–water partition coefficient (Wildman–Crippen LogP) is 4.12. The van der Waals surface area contributed by atoms with Crippen molar-refractivity contribution in [2.75, 3.05) is 6.61 Å². The number of hydrogen-bond donors (Lipinski definition) is 0. The smallest absolute Gasteiger partial charge is 0.453 e. The number of hydrogen-bond acceptors (Lipinski definition) is 3. The highest BCUT2D eigenvalue weighted by atomic mass is 19.4. The molecule has 0 aliphatic heterocycles. The largest absolute Gasteiger partial charge is 0.460 e. The highest BCUT2D eigenvalue weighted by Gasteiger charge is 2.61. The Morgan fingerprint density at radius 3 is 2.04 bits per heavy atom. The molecular weight excluding hydrogens is 337 g/mol. The summed E-state index contributed by atoms with van der Waals surface area (Å²) < 4.78 is 98.1. The van der Waals surface area contributed by atoms with Crippen LogP contribution in [0.25, 0.3) is 0 Å². The highest BCUT2D eigenvalue weighted by molar-refractivity contribution is 5.81. The Labute approximate surface area is 128 Å². The summed E-state index contributed by atoms with van der Waals surface area (Å²) in [6, 6.07) is 0. The zero-order valence-corrected chi connectivity index (χ0v) is 12.4. The van der Waals surface area contributed by atoms with Crippen molar-refractivity contribution in [1.29, 1.82) is 0 Å². The van der Waals surface area contributed by atoms with Crippen molar-refractivity contribution in [3.8, 4) is 0 Å². The Morgan fingerprint density at radius 1 is 1.13 bits per heavy atom. The van der Waals surface area contributed by atoms with E-state index in [4.69, 9.17) is 4.74 Å². The van der Waals surface area contributed by atoms with Gasteiger partial charge >= 0.3 is 18.1 Å². The molecule has 23 heavy (non-hydrogen) atoms. The van der Waals surface area contributed by atoms with Gasteiger partial charge in [0.15, 0.2) is 0 Å². The van der Waals surface area contributed by atoms with E-state index in [0.29, 0.717) is 0 Å². The van der Waals surface area contributed by atoms with Gasteiger partial charge in [0.25, 0.3) is 5.92 Å². The molecule has 0 aromatic rings. The van der Waals surface area contributed by atoms with Crippen molar-refractivity contribution in [3.63, 3.8) is 0 Å². The van der Waals surface area contributed by atoms with Crippen molar-refractivity contribution in [3.05, 3.63) is 12.7 Å². The van der Waals surface area contributed by atoms with Crippen molar-refractivity contribution >= 4 is 5.97 Å². The summed E-state index contributed by atoms with van der Waals surface area (Å²) >= 11 is 0. The van der Waals surface area contributed by atoms with Crippen molar-refractivity contribution in [2.45, 2.75) is 56.9 Å². The Hall–Kier alpha value is -1.32. The minimum atomic E-state index is -6.08. The second kappa shape index (κ2) is 7.98. The zero-order valence-electron chi connectivity index (χ0n) is 12.4. The molecule has 0 amide bonds. The van der Waals surface area contributed by atoms with E-state index in [9.17, 15) is 35.5 Å². The molecule has 3 nitrogen and oxygen atoms in total. The third-order valence-electron chi connectivity index (χ3n) is 2.46. The van der Waals surface area contributed by atoms with Gasteiger partial charge in [-0.3, -0.25) is 0 Å². The molecule has 0 spiro atoms. The average Bonchev–Trinajstić information content (AvgIpc) is 2.31. The van der Waals surface area contributed by atoms with Gasteiger partial charge in [-0.1, -0.05) is 6.58 Å². The highest BCUT2D eigenvalue weighted by Crippen LogP contribution is 2.44. The lowest BCUT2D eigenvalue weighted by atomic mass is 10.0. The van der Waals surface area contributed by atoms with Gasteiger partial charge in [-0.15, -0.1) is 0 Å². The number of rotatable bonds is 9. The quantitative estimate of drug-likeness (QED) is 0.355. The van der Waals surface area contributed by atoms with Crippen molar-refractivity contribution in [1.82, 2.24) is 0 Å². The summed E-state index contributed by atoms with van der Waals surface area (Å²) in [5.41, 5.74) is 0. The lowest BCUT2D eigenvalue weighted by Crippen LogP contribution is -2.43. The fourth-order valence-electron chi connectivity index (χ4n) is 1.60. The fraction of sp³-hybridized carbons (Fsp3) is 0.769. The molecule has 0 aromatic heterocycles. The first-order valence-electron chi connectivity index (χ1n) is 6.47. The first-order chi connectivity index (χ1) is 10.2. The van der Waals surface area contributed by atoms with Crippen LogP contribution in [-0.2, 0) is 14.3 Å². The number of carbonyl (C=O) groups is 1. The van der Waals surface area contributed by atoms with Crippen LogP contribution in [0.15, 0.2) is 12.7 Å². The molecule has 0 N–H and O–H groups in total. The summed E-state index contributed by atoms with van der Waals surface area (Å²) in [5.74, 6) is -10.9. The summed E-state index contributed by atoms with van der Waals surface area (Å²) in [7, 11) is 0. The Morgan fingerprint density at radius 2 is 1.65 bits per heavy atom. The van der Waals surface area contributed by atoms with Crippen molar-refractivity contribution in [2.24, 2.45) is 0 Å². The second-order valence-corrected chi connectivity index (χ2v) is 5.08. The number of carbonyl (C=O) groups excluding carboxylic acids is 1. The van der Waals surface area contributed by atoms with Crippen LogP contribution >= 0.6 is 0 Å². The molecule has 0 radical (unpaired) electrons. The summed E-state index contributed by atoms with van der Waals surface area (Å²) in [5, 5.41) is 0. The Bertz CT molecular complexity index is 405. The third-order valence-corrected chi connectivity index (χ3v) is 2.46. The molecule has 0 aliphatic carbocycles. The number of ether oxygens (including phenoxy) is 2. The molecule has 0 saturated heterocycles. The molecule has 0 fully saturated rings. The molecule has 0 heterocycles. The van der Waals surface area contributed by atoms with Crippen LogP contribution in [0.2, 0.25) is 0 Å². The van der Waals surface area contributed by atoms with Crippen LogP contribution in [0.4, 0.5) is 30.7 Å². The lowest BCUT2D eigenvalue weighted by molar-refractivity contribution is -0.302. The monoisotopic (exact) mass is 354 g/mol. The molecule has 0 rings (SSSR count). The van der Waals surface area contributed by atoms with Gasteiger partial charge in [0, 0.05) is 12.5 Å². The van der Waals surface area contributed by atoms with Crippen molar-refractivity contribution < 1.29 is 45.0 Å². The number of esters is 1. The van der Waals surface area contributed by atoms with Gasteiger partial charge in [0.05, 0.1) is 18.6 Å². The molecule has 0 bridgehead atoms. The van der Waals surface area contributed by atoms with Gasteiger partial charge in [0.2, 0.25) is 0 Å². The van der Waals surface area contributed by atoms with Crippen LogP contribution in [0, 0.1) is 0 Å². The third kappa shape index (κ3) is 8.19. The Balaban J connectivity index is 4.93. The van der Waals surface area contributed by atoms with Crippen LogP contribution in [0.3, 0.4) is 0 Å². The van der Waals surface area contributed by atoms with E-state index >= 15 is 0 Å². The average molecular weight is 354 g/mol. The molecular formula is C13H17F7O3. The first-order valence-corrected chi connectivity index (χ1v) is 6.47. The van der Waals surface area contributed by atoms with Gasteiger partial charge in [-0.2, -0.15) is 22.0 Å². The van der Waals surface area contributed by atoms with E-state index in [2.05, 4.69) is 11.3 Å². The van der Waals surface area contributed by atoms with Gasteiger partial charge in [-0.25, -0.2) is 13.6 Å². The molecule has 10 heteroatoms. The Kier molecular flexibility index (Phi) is 7.52. The lowest BCUT2D eigenvalue weighted by Gasteiger charge is -2.28. The summed E-state index contributed by atoms with van der Waals surface area (Å²) in [6.07, 6.45) is -11.7. The zero-order chi connectivity index (χ0) is 18.5. The van der Waals surface area contributed by atoms with Crippen LogP contribution < -0.4 is 0 Å². The maximum atomic E-state index is 13.5. The normalized spacial score (nSPS) is 14.7. The summed E-state index contributed by atoms with van der Waals surface area (Å²) in [6.45, 7) is 5.21. The fourth-order valence-corrected chi connectivity index (χ4v) is 1.60. The number of halogens is 7. The van der Waals surface area contributed by atoms with Gasteiger partial charge in [-0.05, 0) is 13.8 Å². The van der Waals surface area contributed by atoms with E-state index < -0.39 is 55.6 Å². The van der Waals surface area contributed by atoms with Gasteiger partial charge in [0.1, 0.15) is 6.61 Å². The minimum absolute atomic E-state index is 0.638. The number of alkyl halides is 7. The molecule has 0 saturated carbocycles.